The van der Waals surface area contributed by atoms with Gasteiger partial charge in [-0.3, -0.25) is 0 Å². The third-order valence-corrected chi connectivity index (χ3v) is 8.10. The Bertz CT molecular complexity index is 1180. The normalized spacial score (nSPS) is 17.2. The summed E-state index contributed by atoms with van der Waals surface area (Å²) in [5, 5.41) is 12.1. The van der Waals surface area contributed by atoms with Crippen molar-refractivity contribution in [3.8, 4) is 22.5 Å². The fourth-order valence-corrected chi connectivity index (χ4v) is 5.89. The summed E-state index contributed by atoms with van der Waals surface area (Å²) < 4.78 is 1.85. The van der Waals surface area contributed by atoms with Crippen molar-refractivity contribution in [2.45, 2.75) is 64.0 Å². The Hall–Kier alpha value is -2.43. The maximum atomic E-state index is 13.4. The van der Waals surface area contributed by atoms with E-state index in [1.807, 2.05) is 19.5 Å². The summed E-state index contributed by atoms with van der Waals surface area (Å²) in [6.45, 7) is 2.77. The molecule has 1 aliphatic carbocycles. The van der Waals surface area contributed by atoms with Gasteiger partial charge in [-0.15, -0.1) is 0 Å². The van der Waals surface area contributed by atoms with Gasteiger partial charge < -0.3 is 0 Å². The van der Waals surface area contributed by atoms with Gasteiger partial charge in [0, 0.05) is 0 Å². The van der Waals surface area contributed by atoms with Crippen molar-refractivity contribution in [2.75, 3.05) is 0 Å². The van der Waals surface area contributed by atoms with Crippen LogP contribution >= 0.6 is 0 Å². The van der Waals surface area contributed by atoms with Crippen molar-refractivity contribution in [3.63, 3.8) is 0 Å². The van der Waals surface area contributed by atoms with E-state index in [4.69, 9.17) is 4.99 Å². The molecule has 0 saturated heterocycles. The molecule has 5 rings (SSSR count). The van der Waals surface area contributed by atoms with E-state index < -0.39 is 5.54 Å². The first-order valence-electron chi connectivity index (χ1n) is 11.7. The second-order valence-electron chi connectivity index (χ2n) is 8.95. The quantitative estimate of drug-likeness (QED) is 0.367. The van der Waals surface area contributed by atoms with Crippen LogP contribution in [0.25, 0.3) is 22.5 Å². The molecule has 0 N–H and O–H groups in total. The zero-order valence-electron chi connectivity index (χ0n) is 18.9. The molecular formula is C25H27N6OTl. The summed E-state index contributed by atoms with van der Waals surface area (Å²) in [6.07, 6.45) is 7.04. The van der Waals surface area contributed by atoms with E-state index in [0.717, 1.165) is 78.9 Å². The molecule has 0 radical (unpaired) electrons. The molecule has 33 heavy (non-hydrogen) atoms. The van der Waals surface area contributed by atoms with Crippen LogP contribution in [0.3, 0.4) is 0 Å². The second kappa shape index (κ2) is 9.44. The number of carbonyl (C=O) groups excluding carboxylic acids is 1. The van der Waals surface area contributed by atoms with Crippen LogP contribution in [0.15, 0.2) is 53.5 Å². The second-order valence-corrected chi connectivity index (χ2v) is 10.9. The van der Waals surface area contributed by atoms with E-state index in [0.29, 0.717) is 32.6 Å². The van der Waals surface area contributed by atoms with Gasteiger partial charge in [-0.2, -0.15) is 0 Å². The Balaban J connectivity index is 1.39. The minimum absolute atomic E-state index is 0.209. The SMILES string of the molecule is CCCCC1=NC2(CCCC2)C(=O)N1Cc1ccc(-c2ccccc2-c2nnn[n]2[Tl])cc1. The number of hydrogen-bond donors (Lipinski definition) is 0. The van der Waals surface area contributed by atoms with Crippen LogP contribution in [-0.2, 0) is 11.3 Å². The predicted octanol–water partition coefficient (Wildman–Crippen LogP) is 4.18. The molecule has 1 spiro atoms. The minimum atomic E-state index is -0.476. The number of hydrogen-bond acceptors (Lipinski definition) is 5. The van der Waals surface area contributed by atoms with Gasteiger partial charge in [0.05, 0.1) is 0 Å². The van der Waals surface area contributed by atoms with Crippen molar-refractivity contribution in [1.82, 2.24) is 22.9 Å². The molecule has 3 aromatic rings. The molecule has 2 aliphatic rings. The summed E-state index contributed by atoms with van der Waals surface area (Å²) in [4.78, 5) is 20.4. The summed E-state index contributed by atoms with van der Waals surface area (Å²) in [7, 11) is 0. The Labute approximate surface area is 210 Å². The average Bonchev–Trinajstić information content (AvgIpc) is 3.55. The fourth-order valence-electron chi connectivity index (χ4n) is 4.97. The van der Waals surface area contributed by atoms with Gasteiger partial charge in [0.15, 0.2) is 0 Å². The van der Waals surface area contributed by atoms with Gasteiger partial charge >= 0.3 is 166 Å². The molecule has 0 bridgehead atoms. The van der Waals surface area contributed by atoms with E-state index in [1.165, 1.54) is 0 Å². The zero-order chi connectivity index (χ0) is 22.8. The number of amides is 1. The Morgan fingerprint density at radius 1 is 1.03 bits per heavy atom. The third kappa shape index (κ3) is 4.27. The summed E-state index contributed by atoms with van der Waals surface area (Å²) in [5.41, 5.74) is 3.90. The standard InChI is InChI=1S/C25H27N6O.Tl/c1-2-3-10-22-26-25(15-6-7-16-25)24(32)31(22)17-18-11-13-19(14-12-18)20-8-4-5-9-21(20)23-27-29-30-28-23;/h4-5,8-9,11-14H,2-3,6-7,10,15-17H2,1H3;/q-1;+1. The average molecular weight is 632 g/mol. The number of benzene rings is 2. The number of aliphatic imine (C=N–C) groups is 1. The maximum absolute atomic E-state index is 13.4. The van der Waals surface area contributed by atoms with Gasteiger partial charge in [0.25, 0.3) is 0 Å². The number of nitrogens with zero attached hydrogens (tertiary/aromatic N) is 6. The molecule has 1 aliphatic heterocycles. The molecule has 1 amide bonds. The van der Waals surface area contributed by atoms with E-state index in [1.54, 1.807) is 0 Å². The molecule has 1 aromatic heterocycles. The van der Waals surface area contributed by atoms with Crippen LogP contribution in [0.5, 0.6) is 0 Å². The number of unbranched alkanes of at least 4 members (excludes halogenated alkanes) is 1. The van der Waals surface area contributed by atoms with Crippen molar-refractivity contribution in [3.05, 3.63) is 54.1 Å². The molecule has 2 aromatic carbocycles. The van der Waals surface area contributed by atoms with Gasteiger partial charge in [0.1, 0.15) is 0 Å². The predicted molar refractivity (Wildman–Crippen MR) is 129 cm³/mol. The van der Waals surface area contributed by atoms with Gasteiger partial charge in [0.2, 0.25) is 0 Å². The molecule has 2 heterocycles. The Morgan fingerprint density at radius 3 is 2.42 bits per heavy atom. The molecule has 1 saturated carbocycles. The van der Waals surface area contributed by atoms with Crippen molar-refractivity contribution >= 4 is 37.8 Å². The van der Waals surface area contributed by atoms with Crippen LogP contribution in [0.4, 0.5) is 0 Å². The Kier molecular flexibility index (Phi) is 6.40. The van der Waals surface area contributed by atoms with Crippen LogP contribution in [-0.4, -0.2) is 66.3 Å². The zero-order valence-corrected chi connectivity index (χ0v) is 23.4. The molecule has 166 valence electrons. The first kappa shape index (κ1) is 22.4. The summed E-state index contributed by atoms with van der Waals surface area (Å²) in [5.74, 6) is 2.00. The molecule has 1 fully saturated rings. The monoisotopic (exact) mass is 632 g/mol. The summed E-state index contributed by atoms with van der Waals surface area (Å²) >= 11 is 0.500. The van der Waals surface area contributed by atoms with Crippen LogP contribution in [0.2, 0.25) is 0 Å². The van der Waals surface area contributed by atoms with E-state index >= 15 is 0 Å². The van der Waals surface area contributed by atoms with Crippen molar-refractivity contribution < 1.29 is 4.79 Å². The first-order valence-corrected chi connectivity index (χ1v) is 13.7. The molecule has 0 unspecified atom stereocenters. The first-order chi connectivity index (χ1) is 16.1. The summed E-state index contributed by atoms with van der Waals surface area (Å²) in [6, 6.07) is 16.7. The number of amidine groups is 1. The number of carbonyl (C=O) groups is 1. The van der Waals surface area contributed by atoms with Crippen molar-refractivity contribution in [2.24, 2.45) is 4.99 Å². The fraction of sp³-hybridized carbons (Fsp3) is 0.400. The Morgan fingerprint density at radius 2 is 1.76 bits per heavy atom. The molecule has 0 atom stereocenters. The third-order valence-electron chi connectivity index (χ3n) is 6.75. The van der Waals surface area contributed by atoms with Crippen molar-refractivity contribution in [1.29, 1.82) is 0 Å². The van der Waals surface area contributed by atoms with Gasteiger partial charge in [-0.05, 0) is 19.3 Å². The van der Waals surface area contributed by atoms with Gasteiger partial charge in [-0.1, -0.05) is 26.2 Å². The van der Waals surface area contributed by atoms with Gasteiger partial charge in [-0.25, -0.2) is 0 Å². The van der Waals surface area contributed by atoms with E-state index in [9.17, 15) is 4.79 Å². The van der Waals surface area contributed by atoms with E-state index in [2.05, 4.69) is 58.8 Å². The number of aromatic nitrogens is 4. The topological polar surface area (TPSA) is 76.3 Å². The van der Waals surface area contributed by atoms with E-state index in [-0.39, 0.29) is 5.91 Å². The number of rotatable bonds is 7. The molecule has 7 nitrogen and oxygen atoms in total. The molecular weight excluding hydrogens is 605 g/mol. The van der Waals surface area contributed by atoms with Crippen LogP contribution < -0.4 is 0 Å². The van der Waals surface area contributed by atoms with Crippen LogP contribution in [0, 0.1) is 0 Å². The molecule has 8 heteroatoms. The van der Waals surface area contributed by atoms with Crippen LogP contribution in [0.1, 0.15) is 57.4 Å². The number of tetrazole rings is 1.